The van der Waals surface area contributed by atoms with Crippen molar-refractivity contribution < 1.29 is 22.4 Å². The maximum atomic E-state index is 13.9. The number of carbonyl (C=O) groups excluding carboxylic acids is 2. The molecule has 3 rings (SSSR count). The van der Waals surface area contributed by atoms with Crippen LogP contribution in [0, 0.1) is 5.82 Å². The number of nitrogens with zero attached hydrogens (tertiary/aromatic N) is 2. The highest BCUT2D eigenvalue weighted by atomic mass is 32.2. The number of sulfonamides is 1. The fourth-order valence-electron chi connectivity index (χ4n) is 4.17. The molecule has 9 heteroatoms. The van der Waals surface area contributed by atoms with Crippen LogP contribution in [0.2, 0.25) is 0 Å². The third kappa shape index (κ3) is 9.60. The van der Waals surface area contributed by atoms with Gasteiger partial charge in [-0.1, -0.05) is 86.1 Å². The number of benzene rings is 3. The van der Waals surface area contributed by atoms with Gasteiger partial charge in [0.2, 0.25) is 21.8 Å². The number of halogens is 1. The van der Waals surface area contributed by atoms with E-state index in [0.717, 1.165) is 34.5 Å². The van der Waals surface area contributed by atoms with Gasteiger partial charge in [-0.05, 0) is 35.2 Å². The van der Waals surface area contributed by atoms with Crippen molar-refractivity contribution in [3.63, 3.8) is 0 Å². The summed E-state index contributed by atoms with van der Waals surface area (Å²) in [5.74, 6) is -1.26. The Morgan fingerprint density at radius 3 is 1.97 bits per heavy atom. The smallest absolute Gasteiger partial charge is 0.243 e. The molecule has 0 spiro atoms. The van der Waals surface area contributed by atoms with Crippen molar-refractivity contribution in [2.24, 2.45) is 0 Å². The summed E-state index contributed by atoms with van der Waals surface area (Å²) in [6, 6.07) is 23.2. The maximum Gasteiger partial charge on any atom is 0.243 e. The molecule has 7 nitrogen and oxygen atoms in total. The molecule has 3 aromatic rings. The van der Waals surface area contributed by atoms with Gasteiger partial charge >= 0.3 is 0 Å². The molecule has 0 aliphatic heterocycles. The van der Waals surface area contributed by atoms with E-state index in [4.69, 9.17) is 0 Å². The first kappa shape index (κ1) is 30.0. The fourth-order valence-corrected chi connectivity index (χ4v) is 4.89. The van der Waals surface area contributed by atoms with Gasteiger partial charge in [0.25, 0.3) is 0 Å². The van der Waals surface area contributed by atoms with E-state index in [0.29, 0.717) is 12.1 Å². The fraction of sp³-hybridized carbons (Fsp3) is 0.333. The van der Waals surface area contributed by atoms with Crippen molar-refractivity contribution in [1.82, 2.24) is 14.5 Å². The normalized spacial score (nSPS) is 12.2. The van der Waals surface area contributed by atoms with E-state index in [1.54, 1.807) is 36.4 Å². The van der Waals surface area contributed by atoms with Gasteiger partial charge in [-0.3, -0.25) is 9.59 Å². The number of hydrogen-bond acceptors (Lipinski definition) is 4. The lowest BCUT2D eigenvalue weighted by Gasteiger charge is -2.33. The Hall–Kier alpha value is -3.56. The Labute approximate surface area is 230 Å². The predicted molar refractivity (Wildman–Crippen MR) is 150 cm³/mol. The lowest BCUT2D eigenvalue weighted by Crippen LogP contribution is -2.53. The first-order valence-corrected chi connectivity index (χ1v) is 14.9. The molecule has 208 valence electrons. The second-order valence-corrected chi connectivity index (χ2v) is 11.5. The first-order valence-electron chi connectivity index (χ1n) is 13.0. The van der Waals surface area contributed by atoms with Crippen molar-refractivity contribution in [3.05, 3.63) is 107 Å². The molecule has 3 aromatic carbocycles. The number of nitrogens with one attached hydrogen (secondary N) is 1. The predicted octanol–water partition coefficient (Wildman–Crippen LogP) is 4.14. The van der Waals surface area contributed by atoms with E-state index in [1.807, 2.05) is 43.3 Å². The molecular formula is C30H36FN3O4S. The minimum absolute atomic E-state index is 0.0146. The van der Waals surface area contributed by atoms with Gasteiger partial charge in [-0.15, -0.1) is 0 Å². The molecule has 0 fully saturated rings. The monoisotopic (exact) mass is 553 g/mol. The Morgan fingerprint density at radius 2 is 1.41 bits per heavy atom. The Kier molecular flexibility index (Phi) is 11.2. The van der Waals surface area contributed by atoms with Crippen LogP contribution in [0.1, 0.15) is 36.5 Å². The van der Waals surface area contributed by atoms with Gasteiger partial charge in [0.1, 0.15) is 11.9 Å². The van der Waals surface area contributed by atoms with Gasteiger partial charge in [0.05, 0.1) is 12.8 Å². The maximum absolute atomic E-state index is 13.9. The summed E-state index contributed by atoms with van der Waals surface area (Å²) in [4.78, 5) is 28.8. The molecular weight excluding hydrogens is 517 g/mol. The molecule has 0 bridgehead atoms. The molecule has 0 aliphatic rings. The molecule has 0 aromatic heterocycles. The van der Waals surface area contributed by atoms with E-state index in [9.17, 15) is 22.4 Å². The second-order valence-electron chi connectivity index (χ2n) is 9.51. The summed E-state index contributed by atoms with van der Waals surface area (Å²) >= 11 is 0. The number of hydrogen-bond donors (Lipinski definition) is 1. The largest absolute Gasteiger partial charge is 0.354 e. The molecule has 0 saturated carbocycles. The van der Waals surface area contributed by atoms with Crippen LogP contribution in [0.25, 0.3) is 0 Å². The summed E-state index contributed by atoms with van der Waals surface area (Å²) in [6.07, 6.45) is 2.98. The van der Waals surface area contributed by atoms with Gasteiger partial charge in [-0.25, -0.2) is 12.8 Å². The van der Waals surface area contributed by atoms with Gasteiger partial charge < -0.3 is 10.2 Å². The van der Waals surface area contributed by atoms with Crippen LogP contribution < -0.4 is 5.32 Å². The van der Waals surface area contributed by atoms with Crippen LogP contribution in [-0.2, 0) is 39.1 Å². The summed E-state index contributed by atoms with van der Waals surface area (Å²) in [6.45, 7) is 2.07. The Bertz CT molecular complexity index is 1300. The number of unbranched alkanes of at least 4 members (excludes halogenated alkanes) is 1. The molecule has 2 amide bonds. The minimum Gasteiger partial charge on any atom is -0.354 e. The Morgan fingerprint density at radius 1 is 0.846 bits per heavy atom. The molecule has 1 unspecified atom stereocenters. The average Bonchev–Trinajstić information content (AvgIpc) is 2.92. The van der Waals surface area contributed by atoms with Crippen molar-refractivity contribution in [2.75, 3.05) is 19.3 Å². The molecule has 39 heavy (non-hydrogen) atoms. The number of carbonyl (C=O) groups is 2. The molecule has 0 heterocycles. The summed E-state index contributed by atoms with van der Waals surface area (Å²) < 4.78 is 40.1. The third-order valence-corrected chi connectivity index (χ3v) is 7.55. The Balaban J connectivity index is 1.97. The first-order chi connectivity index (χ1) is 18.7. The topological polar surface area (TPSA) is 86.8 Å². The van der Waals surface area contributed by atoms with Crippen LogP contribution in [-0.4, -0.2) is 54.8 Å². The zero-order valence-electron chi connectivity index (χ0n) is 22.4. The lowest BCUT2D eigenvalue weighted by atomic mass is 10.0. The van der Waals surface area contributed by atoms with Crippen molar-refractivity contribution in [1.29, 1.82) is 0 Å². The molecule has 0 aliphatic carbocycles. The van der Waals surface area contributed by atoms with Crippen LogP contribution in [0.3, 0.4) is 0 Å². The highest BCUT2D eigenvalue weighted by molar-refractivity contribution is 7.88. The van der Waals surface area contributed by atoms with E-state index in [-0.39, 0.29) is 25.4 Å². The number of amides is 2. The zero-order valence-corrected chi connectivity index (χ0v) is 23.2. The summed E-state index contributed by atoms with van der Waals surface area (Å²) in [5, 5.41) is 2.93. The second kappa shape index (κ2) is 14.6. The van der Waals surface area contributed by atoms with E-state index in [1.165, 1.54) is 17.0 Å². The van der Waals surface area contributed by atoms with E-state index >= 15 is 0 Å². The highest BCUT2D eigenvalue weighted by Gasteiger charge is 2.32. The third-order valence-electron chi connectivity index (χ3n) is 6.35. The van der Waals surface area contributed by atoms with Crippen molar-refractivity contribution in [3.8, 4) is 0 Å². The lowest BCUT2D eigenvalue weighted by molar-refractivity contribution is -0.141. The van der Waals surface area contributed by atoms with Crippen LogP contribution in [0.5, 0.6) is 0 Å². The van der Waals surface area contributed by atoms with Crippen LogP contribution >= 0.6 is 0 Å². The molecule has 1 atom stereocenters. The van der Waals surface area contributed by atoms with Crippen molar-refractivity contribution >= 4 is 21.8 Å². The van der Waals surface area contributed by atoms with Crippen LogP contribution in [0.4, 0.5) is 4.39 Å². The van der Waals surface area contributed by atoms with Gasteiger partial charge in [-0.2, -0.15) is 4.31 Å². The molecule has 1 N–H and O–H groups in total. The minimum atomic E-state index is -3.76. The van der Waals surface area contributed by atoms with E-state index in [2.05, 4.69) is 5.32 Å². The van der Waals surface area contributed by atoms with Gasteiger partial charge in [0.15, 0.2) is 0 Å². The highest BCUT2D eigenvalue weighted by Crippen LogP contribution is 2.17. The van der Waals surface area contributed by atoms with E-state index < -0.39 is 34.3 Å². The molecule has 0 saturated heterocycles. The quantitative estimate of drug-likeness (QED) is 0.304. The SMILES string of the molecule is CCCCNC(=O)C(Cc1ccccc1)N(Cc1ccc(F)cc1)C(=O)CN(Cc1ccccc1)S(C)(=O)=O. The summed E-state index contributed by atoms with van der Waals surface area (Å²) in [7, 11) is -3.76. The standard InChI is InChI=1S/C30H36FN3O4S/c1-3-4-19-32-30(36)28(20-24-11-7-5-8-12-24)34(22-26-15-17-27(31)18-16-26)29(35)23-33(39(2,37)38)21-25-13-9-6-10-14-25/h5-18,28H,3-4,19-23H2,1-2H3,(H,32,36). The van der Waals surface area contributed by atoms with Gasteiger partial charge in [0, 0.05) is 26.1 Å². The molecule has 0 radical (unpaired) electrons. The zero-order chi connectivity index (χ0) is 28.3. The summed E-state index contributed by atoms with van der Waals surface area (Å²) in [5.41, 5.74) is 2.21. The average molecular weight is 554 g/mol. The number of rotatable bonds is 14. The van der Waals surface area contributed by atoms with Crippen molar-refractivity contribution in [2.45, 2.75) is 45.3 Å². The van der Waals surface area contributed by atoms with Crippen LogP contribution in [0.15, 0.2) is 84.9 Å².